The van der Waals surface area contributed by atoms with Gasteiger partial charge in [0.15, 0.2) is 6.29 Å². The van der Waals surface area contributed by atoms with Crippen molar-refractivity contribution >= 4 is 29.0 Å². The van der Waals surface area contributed by atoms with Crippen LogP contribution in [0.1, 0.15) is 33.8 Å². The summed E-state index contributed by atoms with van der Waals surface area (Å²) in [5.74, 6) is 0. The summed E-state index contributed by atoms with van der Waals surface area (Å²) in [5.41, 5.74) is 2.36. The highest BCUT2D eigenvalue weighted by molar-refractivity contribution is 7.10. The van der Waals surface area contributed by atoms with E-state index in [-0.39, 0.29) is 11.7 Å². The summed E-state index contributed by atoms with van der Waals surface area (Å²) in [4.78, 5) is 25.2. The Balaban J connectivity index is 2.01. The maximum absolute atomic E-state index is 11.3. The molecule has 1 atom stereocenters. The highest BCUT2D eigenvalue weighted by Crippen LogP contribution is 2.37. The van der Waals surface area contributed by atoms with E-state index in [4.69, 9.17) is 0 Å². The van der Waals surface area contributed by atoms with Gasteiger partial charge in [0.1, 0.15) is 0 Å². The highest BCUT2D eigenvalue weighted by atomic mass is 32.1. The van der Waals surface area contributed by atoms with Crippen LogP contribution < -0.4 is 4.90 Å². The van der Waals surface area contributed by atoms with Crippen molar-refractivity contribution in [3.8, 4) is 0 Å². The Bertz CT molecular complexity index is 711. The van der Waals surface area contributed by atoms with Gasteiger partial charge in [-0.3, -0.25) is 14.9 Å². The lowest BCUT2D eigenvalue weighted by atomic mass is 9.99. The number of benzene rings is 1. The second-order valence-electron chi connectivity index (χ2n) is 5.04. The van der Waals surface area contributed by atoms with E-state index in [1.165, 1.54) is 22.6 Å². The largest absolute Gasteiger partial charge is 0.364 e. The van der Waals surface area contributed by atoms with Gasteiger partial charge >= 0.3 is 0 Å². The molecule has 108 valence electrons. The van der Waals surface area contributed by atoms with Crippen molar-refractivity contribution in [3.63, 3.8) is 0 Å². The maximum Gasteiger partial charge on any atom is 0.270 e. The minimum atomic E-state index is -0.479. The third-order valence-corrected chi connectivity index (χ3v) is 4.93. The first kappa shape index (κ1) is 13.8. The van der Waals surface area contributed by atoms with Crippen molar-refractivity contribution in [1.29, 1.82) is 0 Å². The molecule has 1 aromatic heterocycles. The predicted octanol–water partition coefficient (Wildman–Crippen LogP) is 3.59. The lowest BCUT2D eigenvalue weighted by molar-refractivity contribution is -0.384. The van der Waals surface area contributed by atoms with Crippen molar-refractivity contribution in [3.05, 3.63) is 55.8 Å². The number of carbonyl (C=O) groups excluding carboxylic acids is 1. The molecule has 2 heterocycles. The van der Waals surface area contributed by atoms with Crippen LogP contribution in [0.15, 0.2) is 29.6 Å². The first-order chi connectivity index (χ1) is 10.1. The number of thiophene rings is 1. The Hall–Kier alpha value is -2.21. The zero-order chi connectivity index (χ0) is 15.0. The number of nitrogens with zero attached hydrogens (tertiary/aromatic N) is 2. The molecular formula is C15H14N2O3S. The average Bonchev–Trinajstić information content (AvgIpc) is 2.96. The number of fused-ring (bicyclic) bond motifs is 1. The predicted molar refractivity (Wildman–Crippen MR) is 82.3 cm³/mol. The zero-order valence-electron chi connectivity index (χ0n) is 11.5. The van der Waals surface area contributed by atoms with E-state index >= 15 is 0 Å². The van der Waals surface area contributed by atoms with E-state index in [1.54, 1.807) is 17.4 Å². The SMILES string of the molecule is CC1c2ccsc2CCN1c1ccc([N+](=O)[O-])cc1C=O. The number of aldehydes is 1. The van der Waals surface area contributed by atoms with Gasteiger partial charge in [0, 0.05) is 34.8 Å². The Kier molecular flexibility index (Phi) is 3.47. The topological polar surface area (TPSA) is 63.4 Å². The number of carbonyl (C=O) groups is 1. The molecule has 0 N–H and O–H groups in total. The molecule has 5 nitrogen and oxygen atoms in total. The van der Waals surface area contributed by atoms with Gasteiger partial charge in [0.25, 0.3) is 5.69 Å². The van der Waals surface area contributed by atoms with Gasteiger partial charge in [-0.1, -0.05) is 0 Å². The number of hydrogen-bond acceptors (Lipinski definition) is 5. The highest BCUT2D eigenvalue weighted by Gasteiger charge is 2.27. The van der Waals surface area contributed by atoms with Crippen LogP contribution in [0.25, 0.3) is 0 Å². The molecule has 2 aromatic rings. The van der Waals surface area contributed by atoms with Crippen LogP contribution in [-0.2, 0) is 6.42 Å². The summed E-state index contributed by atoms with van der Waals surface area (Å²) in [6.45, 7) is 2.91. The van der Waals surface area contributed by atoms with E-state index in [9.17, 15) is 14.9 Å². The van der Waals surface area contributed by atoms with Crippen LogP contribution in [0.3, 0.4) is 0 Å². The van der Waals surface area contributed by atoms with E-state index in [0.717, 1.165) is 18.7 Å². The van der Waals surface area contributed by atoms with Crippen molar-refractivity contribution in [2.45, 2.75) is 19.4 Å². The second-order valence-corrected chi connectivity index (χ2v) is 6.04. The summed E-state index contributed by atoms with van der Waals surface area (Å²) in [6.07, 6.45) is 1.63. The molecule has 1 unspecified atom stereocenters. The van der Waals surface area contributed by atoms with Gasteiger partial charge in [-0.05, 0) is 36.4 Å². The second kappa shape index (κ2) is 5.29. The summed E-state index contributed by atoms with van der Waals surface area (Å²) < 4.78 is 0. The molecule has 0 aliphatic carbocycles. The van der Waals surface area contributed by atoms with Crippen molar-refractivity contribution < 1.29 is 9.72 Å². The van der Waals surface area contributed by atoms with E-state index in [1.807, 2.05) is 0 Å². The minimum absolute atomic E-state index is 0.0539. The average molecular weight is 302 g/mol. The standard InChI is InChI=1S/C15H14N2O3S/c1-10-13-5-7-21-15(13)4-6-16(10)14-3-2-12(17(19)20)8-11(14)9-18/h2-3,5,7-10H,4,6H2,1H3. The smallest absolute Gasteiger partial charge is 0.270 e. The fourth-order valence-electron chi connectivity index (χ4n) is 2.85. The number of non-ortho nitro benzene ring substituents is 1. The fourth-order valence-corrected chi connectivity index (χ4v) is 3.81. The van der Waals surface area contributed by atoms with Crippen molar-refractivity contribution in [1.82, 2.24) is 0 Å². The Morgan fingerprint density at radius 1 is 1.43 bits per heavy atom. The minimum Gasteiger partial charge on any atom is -0.364 e. The van der Waals surface area contributed by atoms with Gasteiger partial charge in [-0.25, -0.2) is 0 Å². The molecular weight excluding hydrogens is 288 g/mol. The van der Waals surface area contributed by atoms with E-state index in [2.05, 4.69) is 23.3 Å². The van der Waals surface area contributed by atoms with Crippen molar-refractivity contribution in [2.24, 2.45) is 0 Å². The molecule has 6 heteroatoms. The monoisotopic (exact) mass is 302 g/mol. The van der Waals surface area contributed by atoms with Crippen LogP contribution in [-0.4, -0.2) is 17.8 Å². The number of rotatable bonds is 3. The summed E-state index contributed by atoms with van der Waals surface area (Å²) in [7, 11) is 0. The van der Waals surface area contributed by atoms with Crippen molar-refractivity contribution in [2.75, 3.05) is 11.4 Å². The van der Waals surface area contributed by atoms with Gasteiger partial charge in [-0.15, -0.1) is 11.3 Å². The lowest BCUT2D eigenvalue weighted by Gasteiger charge is -2.36. The fraction of sp³-hybridized carbons (Fsp3) is 0.267. The molecule has 0 bridgehead atoms. The molecule has 1 aliphatic rings. The molecule has 0 amide bonds. The molecule has 3 rings (SSSR count). The summed E-state index contributed by atoms with van der Waals surface area (Å²) in [6, 6.07) is 6.76. The quantitative estimate of drug-likeness (QED) is 0.494. The van der Waals surface area contributed by atoms with Gasteiger partial charge in [-0.2, -0.15) is 0 Å². The van der Waals surface area contributed by atoms with Crippen LogP contribution in [0.2, 0.25) is 0 Å². The van der Waals surface area contributed by atoms with Gasteiger partial charge < -0.3 is 4.90 Å². The Morgan fingerprint density at radius 2 is 2.24 bits per heavy atom. The number of anilines is 1. The van der Waals surface area contributed by atoms with Crippen LogP contribution in [0, 0.1) is 10.1 Å². The first-order valence-electron chi connectivity index (χ1n) is 6.68. The summed E-state index contributed by atoms with van der Waals surface area (Å²) in [5, 5.41) is 12.9. The molecule has 1 aromatic carbocycles. The molecule has 0 radical (unpaired) electrons. The summed E-state index contributed by atoms with van der Waals surface area (Å²) >= 11 is 1.76. The Labute approximate surface area is 126 Å². The van der Waals surface area contributed by atoms with E-state index in [0.29, 0.717) is 11.8 Å². The number of nitro benzene ring substituents is 1. The van der Waals surface area contributed by atoms with Crippen LogP contribution >= 0.6 is 11.3 Å². The normalized spacial score (nSPS) is 17.4. The molecule has 21 heavy (non-hydrogen) atoms. The van der Waals surface area contributed by atoms with Crippen LogP contribution in [0.5, 0.6) is 0 Å². The van der Waals surface area contributed by atoms with Gasteiger partial charge in [0.05, 0.1) is 11.0 Å². The molecule has 1 aliphatic heterocycles. The third kappa shape index (κ3) is 2.31. The molecule has 0 fully saturated rings. The maximum atomic E-state index is 11.3. The Morgan fingerprint density at radius 3 is 2.95 bits per heavy atom. The number of hydrogen-bond donors (Lipinski definition) is 0. The molecule has 0 spiro atoms. The van der Waals surface area contributed by atoms with Crippen LogP contribution in [0.4, 0.5) is 11.4 Å². The molecule has 0 saturated carbocycles. The van der Waals surface area contributed by atoms with Gasteiger partial charge in [0.2, 0.25) is 0 Å². The first-order valence-corrected chi connectivity index (χ1v) is 7.56. The van der Waals surface area contributed by atoms with E-state index < -0.39 is 4.92 Å². The zero-order valence-corrected chi connectivity index (χ0v) is 12.3. The lowest BCUT2D eigenvalue weighted by Crippen LogP contribution is -2.33. The molecule has 0 saturated heterocycles. The third-order valence-electron chi connectivity index (χ3n) is 3.94. The number of nitro groups is 1.